The molecule has 3 atom stereocenters. The van der Waals surface area contributed by atoms with Crippen LogP contribution < -0.4 is 10.6 Å². The van der Waals surface area contributed by atoms with E-state index in [0.29, 0.717) is 0 Å². The zero-order chi connectivity index (χ0) is 43.3. The molecule has 0 bridgehead atoms. The number of benzene rings is 10. The van der Waals surface area contributed by atoms with Gasteiger partial charge in [0.05, 0.1) is 11.0 Å². The van der Waals surface area contributed by atoms with Crippen LogP contribution in [0.4, 0.5) is 0 Å². The number of allylic oxidation sites excluding steroid dienone is 4. The van der Waals surface area contributed by atoms with Gasteiger partial charge in [-0.25, -0.2) is 4.99 Å². The fourth-order valence-corrected chi connectivity index (χ4v) is 11.5. The predicted octanol–water partition coefficient (Wildman–Crippen LogP) is 15.0. The van der Waals surface area contributed by atoms with Gasteiger partial charge >= 0.3 is 0 Å². The molecule has 0 amide bonds. The minimum atomic E-state index is -0.325. The lowest BCUT2D eigenvalue weighted by molar-refractivity contribution is 0.409. The van der Waals surface area contributed by atoms with Crippen LogP contribution in [0.3, 0.4) is 0 Å². The van der Waals surface area contributed by atoms with Gasteiger partial charge in [-0.05, 0) is 143 Å². The Labute approximate surface area is 382 Å². The highest BCUT2D eigenvalue weighted by Gasteiger charge is 2.33. The highest BCUT2D eigenvalue weighted by atomic mass is 15.3. The van der Waals surface area contributed by atoms with Crippen LogP contribution in [0.15, 0.2) is 223 Å². The molecule has 0 saturated heterocycles. The van der Waals surface area contributed by atoms with Gasteiger partial charge in [0.25, 0.3) is 0 Å². The molecule has 2 heterocycles. The third kappa shape index (κ3) is 5.85. The van der Waals surface area contributed by atoms with Crippen LogP contribution in [0.1, 0.15) is 64.5 Å². The quantitative estimate of drug-likeness (QED) is 0.170. The van der Waals surface area contributed by atoms with Crippen LogP contribution in [0.5, 0.6) is 0 Å². The number of hydrogen-bond donors (Lipinski definition) is 2. The summed E-state index contributed by atoms with van der Waals surface area (Å²) in [6, 6.07) is 74.0. The summed E-state index contributed by atoms with van der Waals surface area (Å²) >= 11 is 0. The number of nitrogens with one attached hydrogen (secondary N) is 2. The Morgan fingerprint density at radius 2 is 1.14 bits per heavy atom. The molecule has 312 valence electrons. The molecule has 0 saturated carbocycles. The second-order valence-electron chi connectivity index (χ2n) is 18.2. The largest absolute Gasteiger partial charge is 0.350 e. The van der Waals surface area contributed by atoms with Crippen molar-refractivity contribution < 1.29 is 0 Å². The lowest BCUT2D eigenvalue weighted by Gasteiger charge is -2.32. The summed E-state index contributed by atoms with van der Waals surface area (Å²) in [5.74, 6) is 1.04. The third-order valence-electron chi connectivity index (χ3n) is 14.5. The first kappa shape index (κ1) is 37.3. The lowest BCUT2D eigenvalue weighted by Crippen LogP contribution is -2.45. The van der Waals surface area contributed by atoms with Gasteiger partial charge in [-0.2, -0.15) is 0 Å². The highest BCUT2D eigenvalue weighted by molar-refractivity contribution is 6.19. The van der Waals surface area contributed by atoms with Crippen molar-refractivity contribution in [3.8, 4) is 5.69 Å². The zero-order valence-corrected chi connectivity index (χ0v) is 36.2. The molecule has 0 radical (unpaired) electrons. The molecule has 11 aromatic rings. The van der Waals surface area contributed by atoms with E-state index >= 15 is 0 Å². The van der Waals surface area contributed by atoms with Crippen LogP contribution in [-0.4, -0.2) is 10.4 Å². The zero-order valence-electron chi connectivity index (χ0n) is 36.2. The summed E-state index contributed by atoms with van der Waals surface area (Å²) in [6.07, 6.45) is 6.45. The number of fused-ring (bicyclic) bond motifs is 10. The van der Waals surface area contributed by atoms with Gasteiger partial charge in [0.2, 0.25) is 0 Å². The molecule has 0 spiro atoms. The average molecular weight is 845 g/mol. The van der Waals surface area contributed by atoms with Crippen LogP contribution in [0.2, 0.25) is 0 Å². The van der Waals surface area contributed by atoms with E-state index in [9.17, 15) is 0 Å². The van der Waals surface area contributed by atoms with Gasteiger partial charge in [0.1, 0.15) is 18.2 Å². The Morgan fingerprint density at radius 3 is 1.97 bits per heavy atom. The van der Waals surface area contributed by atoms with E-state index < -0.39 is 0 Å². The van der Waals surface area contributed by atoms with E-state index in [0.717, 1.165) is 41.1 Å². The minimum absolute atomic E-state index is 0.158. The van der Waals surface area contributed by atoms with Gasteiger partial charge in [0, 0.05) is 27.9 Å². The Kier molecular flexibility index (Phi) is 8.34. The second-order valence-corrected chi connectivity index (χ2v) is 18.2. The van der Waals surface area contributed by atoms with Crippen molar-refractivity contribution in [3.63, 3.8) is 0 Å². The maximum absolute atomic E-state index is 5.56. The number of aliphatic imine (C=N–C) groups is 1. The van der Waals surface area contributed by atoms with E-state index in [2.05, 4.69) is 228 Å². The molecule has 66 heavy (non-hydrogen) atoms. The monoisotopic (exact) mass is 844 g/mol. The Bertz CT molecular complexity index is 3910. The summed E-state index contributed by atoms with van der Waals surface area (Å²) < 4.78 is 2.50. The Hall–Kier alpha value is -8.05. The number of nitrogens with zero attached hydrogens (tertiary/aromatic N) is 2. The number of hydrogen-bond acceptors (Lipinski definition) is 3. The highest BCUT2D eigenvalue weighted by Crippen LogP contribution is 2.51. The maximum Gasteiger partial charge on any atom is 0.132 e. The standard InChI is InChI=1S/C62H44N4/c1-2-15-38(16-3-1)60-63-61(65-62(64-60)56-35-43-21-8-9-24-47(43)48-25-10-11-26-49(48)56)45-22-14-23-46(31-45)66-57-37-44(29-30-51(57)54-33-40-18-6-7-20-42(40)36-58(54)66)59-52-28-13-12-27-50(52)53-32-39-17-4-5-19-41(39)34-55(53)59/h1-11,13-26,28-37,59-61,63H,12,27H2,(H,64,65). The molecular weight excluding hydrogens is 801 g/mol. The van der Waals surface area contributed by atoms with Crippen molar-refractivity contribution in [1.29, 1.82) is 0 Å². The van der Waals surface area contributed by atoms with Crippen molar-refractivity contribution >= 4 is 76.3 Å². The fraction of sp³-hybridized carbons (Fsp3) is 0.0806. The molecule has 10 aromatic carbocycles. The van der Waals surface area contributed by atoms with E-state index in [1.165, 1.54) is 92.7 Å². The van der Waals surface area contributed by atoms with Gasteiger partial charge in [0.15, 0.2) is 0 Å². The molecule has 4 heteroatoms. The van der Waals surface area contributed by atoms with Crippen LogP contribution in [0, 0.1) is 0 Å². The van der Waals surface area contributed by atoms with Crippen molar-refractivity contribution in [2.45, 2.75) is 31.1 Å². The Balaban J connectivity index is 0.960. The molecule has 0 fully saturated rings. The van der Waals surface area contributed by atoms with E-state index in [-0.39, 0.29) is 18.2 Å². The molecule has 14 rings (SSSR count). The summed E-state index contributed by atoms with van der Waals surface area (Å²) in [5.41, 5.74) is 14.0. The fourth-order valence-electron chi connectivity index (χ4n) is 11.5. The number of rotatable bonds is 5. The first-order valence-electron chi connectivity index (χ1n) is 23.3. The van der Waals surface area contributed by atoms with Crippen molar-refractivity contribution in [1.82, 2.24) is 15.2 Å². The third-order valence-corrected chi connectivity index (χ3v) is 14.5. The SMILES string of the molecule is C1=CC2=C(CC1)c1cc3ccccc3cc1C2c1ccc2c3cc4ccccc4cc3n(-c3cccc(C4N=C(c5cc6ccccc6c6ccccc56)NC(c5ccccc5)N4)c3)c2c1. The van der Waals surface area contributed by atoms with Crippen molar-refractivity contribution in [3.05, 3.63) is 251 Å². The van der Waals surface area contributed by atoms with Gasteiger partial charge in [-0.3, -0.25) is 5.32 Å². The van der Waals surface area contributed by atoms with E-state index in [4.69, 9.17) is 4.99 Å². The molecule has 3 unspecified atom stereocenters. The van der Waals surface area contributed by atoms with Gasteiger partial charge < -0.3 is 9.88 Å². The van der Waals surface area contributed by atoms with Crippen LogP contribution in [-0.2, 0) is 0 Å². The van der Waals surface area contributed by atoms with Gasteiger partial charge in [-0.1, -0.05) is 164 Å². The number of amidine groups is 1. The minimum Gasteiger partial charge on any atom is -0.350 e. The van der Waals surface area contributed by atoms with Gasteiger partial charge in [-0.15, -0.1) is 0 Å². The first-order chi connectivity index (χ1) is 32.7. The molecule has 4 nitrogen and oxygen atoms in total. The second kappa shape index (κ2) is 14.7. The van der Waals surface area contributed by atoms with Crippen LogP contribution >= 0.6 is 0 Å². The number of aromatic nitrogens is 1. The first-order valence-corrected chi connectivity index (χ1v) is 23.3. The van der Waals surface area contributed by atoms with Crippen LogP contribution in [0.25, 0.3) is 76.2 Å². The van der Waals surface area contributed by atoms with E-state index in [1.54, 1.807) is 0 Å². The normalized spacial score (nSPS) is 18.1. The van der Waals surface area contributed by atoms with Crippen molar-refractivity contribution in [2.24, 2.45) is 4.99 Å². The molecular formula is C62H44N4. The van der Waals surface area contributed by atoms with Crippen molar-refractivity contribution in [2.75, 3.05) is 0 Å². The molecule has 2 N–H and O–H groups in total. The summed E-state index contributed by atoms with van der Waals surface area (Å²) in [5, 5.41) is 20.2. The summed E-state index contributed by atoms with van der Waals surface area (Å²) in [4.78, 5) is 5.56. The maximum atomic E-state index is 5.56. The predicted molar refractivity (Wildman–Crippen MR) is 276 cm³/mol. The van der Waals surface area contributed by atoms with E-state index in [1.807, 2.05) is 0 Å². The lowest BCUT2D eigenvalue weighted by atomic mass is 9.86. The Morgan fingerprint density at radius 1 is 0.470 bits per heavy atom. The molecule has 1 aromatic heterocycles. The summed E-state index contributed by atoms with van der Waals surface area (Å²) in [6.45, 7) is 0. The molecule has 2 aliphatic carbocycles. The smallest absolute Gasteiger partial charge is 0.132 e. The molecule has 3 aliphatic rings. The average Bonchev–Trinajstić information content (AvgIpc) is 3.88. The topological polar surface area (TPSA) is 41.4 Å². The summed E-state index contributed by atoms with van der Waals surface area (Å²) in [7, 11) is 0. The molecule has 1 aliphatic heterocycles.